The molecule has 3 aromatic carbocycles. The van der Waals surface area contributed by atoms with E-state index in [2.05, 4.69) is 9.88 Å². The van der Waals surface area contributed by atoms with E-state index < -0.39 is 5.63 Å². The lowest BCUT2D eigenvalue weighted by atomic mass is 10.0. The maximum absolute atomic E-state index is 13.5. The smallest absolute Gasteiger partial charge is 0.349 e. The molecule has 0 N–H and O–H groups in total. The number of aromatic nitrogens is 1. The van der Waals surface area contributed by atoms with Crippen molar-refractivity contribution in [2.75, 3.05) is 31.1 Å². The molecule has 0 spiro atoms. The van der Waals surface area contributed by atoms with E-state index in [1.807, 2.05) is 30.3 Å². The van der Waals surface area contributed by atoms with Crippen LogP contribution in [-0.2, 0) is 0 Å². The predicted octanol–water partition coefficient (Wildman–Crippen LogP) is 4.66. The molecule has 1 aliphatic heterocycles. The van der Waals surface area contributed by atoms with Gasteiger partial charge < -0.3 is 14.2 Å². The zero-order valence-corrected chi connectivity index (χ0v) is 18.3. The molecule has 1 saturated heterocycles. The van der Waals surface area contributed by atoms with Crippen LogP contribution in [0.2, 0.25) is 0 Å². The van der Waals surface area contributed by atoms with Crippen molar-refractivity contribution in [1.29, 1.82) is 0 Å². The number of rotatable bonds is 2. The summed E-state index contributed by atoms with van der Waals surface area (Å²) in [6, 6.07) is 17.7. The fourth-order valence-electron chi connectivity index (χ4n) is 4.31. The Bertz CT molecular complexity index is 1600. The first-order valence-corrected chi connectivity index (χ1v) is 11.4. The van der Waals surface area contributed by atoms with Gasteiger partial charge in [0.25, 0.3) is 5.91 Å². The first-order valence-electron chi connectivity index (χ1n) is 10.6. The third kappa shape index (κ3) is 3.43. The molecule has 6 rings (SSSR count). The van der Waals surface area contributed by atoms with Gasteiger partial charge in [0, 0.05) is 31.6 Å². The van der Waals surface area contributed by atoms with Crippen LogP contribution in [0.1, 0.15) is 10.4 Å². The van der Waals surface area contributed by atoms with Gasteiger partial charge in [-0.2, -0.15) is 0 Å². The van der Waals surface area contributed by atoms with Crippen molar-refractivity contribution in [3.8, 4) is 0 Å². The number of nitrogens with zero attached hydrogens (tertiary/aromatic N) is 3. The number of anilines is 1. The van der Waals surface area contributed by atoms with Gasteiger partial charge in [-0.3, -0.25) is 4.79 Å². The van der Waals surface area contributed by atoms with Gasteiger partial charge in [-0.1, -0.05) is 41.7 Å². The van der Waals surface area contributed by atoms with E-state index in [-0.39, 0.29) is 17.3 Å². The van der Waals surface area contributed by atoms with Gasteiger partial charge in [-0.25, -0.2) is 14.2 Å². The van der Waals surface area contributed by atoms with Crippen molar-refractivity contribution >= 4 is 54.3 Å². The van der Waals surface area contributed by atoms with Gasteiger partial charge in [0.05, 0.1) is 10.2 Å². The molecule has 1 amide bonds. The minimum atomic E-state index is -0.626. The van der Waals surface area contributed by atoms with Crippen LogP contribution >= 0.6 is 11.3 Å². The summed E-state index contributed by atoms with van der Waals surface area (Å²) in [5, 5.41) is 3.50. The molecule has 8 heteroatoms. The second-order valence-corrected chi connectivity index (χ2v) is 9.04. The highest BCUT2D eigenvalue weighted by Crippen LogP contribution is 2.30. The van der Waals surface area contributed by atoms with Crippen LogP contribution in [0.25, 0.3) is 32.0 Å². The monoisotopic (exact) mass is 459 g/mol. The molecule has 6 nitrogen and oxygen atoms in total. The van der Waals surface area contributed by atoms with Crippen molar-refractivity contribution in [2.24, 2.45) is 0 Å². The molecule has 164 valence electrons. The molecule has 1 fully saturated rings. The second-order valence-electron chi connectivity index (χ2n) is 8.03. The zero-order chi connectivity index (χ0) is 22.5. The highest BCUT2D eigenvalue weighted by Gasteiger charge is 2.26. The summed E-state index contributed by atoms with van der Waals surface area (Å²) in [6.07, 6.45) is 0. The lowest BCUT2D eigenvalue weighted by Crippen LogP contribution is -2.49. The molecule has 0 bridgehead atoms. The van der Waals surface area contributed by atoms with E-state index in [1.54, 1.807) is 23.1 Å². The number of carbonyl (C=O) groups excluding carboxylic acids is 1. The molecule has 0 aliphatic carbocycles. The molecule has 1 aliphatic rings. The SMILES string of the molecule is O=C(c1cc2c(ccc3ccccc32)oc1=O)N1CCN(c2nc3ccc(F)cc3s2)CC1. The minimum absolute atomic E-state index is 0.0442. The predicted molar refractivity (Wildman–Crippen MR) is 128 cm³/mol. The molecule has 33 heavy (non-hydrogen) atoms. The van der Waals surface area contributed by atoms with Crippen molar-refractivity contribution in [3.05, 3.63) is 82.5 Å². The second kappa shape index (κ2) is 7.67. The van der Waals surface area contributed by atoms with Crippen LogP contribution in [0.3, 0.4) is 0 Å². The Balaban J connectivity index is 1.26. The number of hydrogen-bond donors (Lipinski definition) is 0. The van der Waals surface area contributed by atoms with Gasteiger partial charge in [-0.05, 0) is 41.1 Å². The first kappa shape index (κ1) is 19.9. The standard InChI is InChI=1S/C25H18FN3O3S/c26-16-6-7-20-22(13-16)33-25(27-20)29-11-9-28(10-12-29)23(30)19-14-18-17-4-2-1-3-15(17)5-8-21(18)32-24(19)31/h1-8,13-14H,9-12H2. The van der Waals surface area contributed by atoms with Crippen LogP contribution < -0.4 is 10.5 Å². The average molecular weight is 460 g/mol. The fraction of sp³-hybridized carbons (Fsp3) is 0.160. The third-order valence-electron chi connectivity index (χ3n) is 6.05. The summed E-state index contributed by atoms with van der Waals surface area (Å²) in [4.78, 5) is 34.2. The van der Waals surface area contributed by atoms with Crippen LogP contribution in [0, 0.1) is 5.82 Å². The molecule has 0 saturated carbocycles. The van der Waals surface area contributed by atoms with Crippen LogP contribution in [0.5, 0.6) is 0 Å². The van der Waals surface area contributed by atoms with Crippen molar-refractivity contribution < 1.29 is 13.6 Å². The number of halogens is 1. The molecular formula is C25H18FN3O3S. The van der Waals surface area contributed by atoms with Gasteiger partial charge in [0.1, 0.15) is 17.0 Å². The van der Waals surface area contributed by atoms with Crippen molar-refractivity contribution in [1.82, 2.24) is 9.88 Å². The van der Waals surface area contributed by atoms with Gasteiger partial charge in [-0.15, -0.1) is 0 Å². The van der Waals surface area contributed by atoms with E-state index in [0.717, 1.165) is 31.5 Å². The number of carbonyl (C=O) groups is 1. The number of fused-ring (bicyclic) bond motifs is 4. The molecule has 0 unspecified atom stereocenters. The van der Waals surface area contributed by atoms with Crippen molar-refractivity contribution in [3.63, 3.8) is 0 Å². The van der Waals surface area contributed by atoms with Gasteiger partial charge in [0.2, 0.25) is 0 Å². The topological polar surface area (TPSA) is 66.7 Å². The number of hydrogen-bond acceptors (Lipinski definition) is 6. The summed E-state index contributed by atoms with van der Waals surface area (Å²) in [6.45, 7) is 2.07. The normalized spacial score (nSPS) is 14.5. The highest BCUT2D eigenvalue weighted by atomic mass is 32.1. The molecular weight excluding hydrogens is 441 g/mol. The number of benzene rings is 3. The minimum Gasteiger partial charge on any atom is -0.422 e. The van der Waals surface area contributed by atoms with Crippen LogP contribution in [0.15, 0.2) is 69.9 Å². The zero-order valence-electron chi connectivity index (χ0n) is 17.5. The number of thiazole rings is 1. The summed E-state index contributed by atoms with van der Waals surface area (Å²) >= 11 is 1.44. The van der Waals surface area contributed by atoms with E-state index in [1.165, 1.54) is 23.5 Å². The summed E-state index contributed by atoms with van der Waals surface area (Å²) < 4.78 is 19.8. The Labute approximate surface area is 191 Å². The lowest BCUT2D eigenvalue weighted by molar-refractivity contribution is 0.0742. The Morgan fingerprint density at radius 2 is 1.79 bits per heavy atom. The number of amides is 1. The molecule has 0 atom stereocenters. The molecule has 2 aromatic heterocycles. The molecule has 5 aromatic rings. The highest BCUT2D eigenvalue weighted by molar-refractivity contribution is 7.22. The largest absolute Gasteiger partial charge is 0.422 e. The maximum Gasteiger partial charge on any atom is 0.349 e. The Hall–Kier alpha value is -3.78. The first-order chi connectivity index (χ1) is 16.1. The average Bonchev–Trinajstić information content (AvgIpc) is 3.26. The lowest BCUT2D eigenvalue weighted by Gasteiger charge is -2.34. The van der Waals surface area contributed by atoms with E-state index in [4.69, 9.17) is 4.42 Å². The Morgan fingerprint density at radius 3 is 2.64 bits per heavy atom. The quantitative estimate of drug-likeness (QED) is 0.284. The summed E-state index contributed by atoms with van der Waals surface area (Å²) in [5.74, 6) is -0.611. The van der Waals surface area contributed by atoms with Crippen LogP contribution in [-0.4, -0.2) is 42.0 Å². The van der Waals surface area contributed by atoms with E-state index in [9.17, 15) is 14.0 Å². The molecule has 3 heterocycles. The van der Waals surface area contributed by atoms with E-state index in [0.29, 0.717) is 31.8 Å². The Kier molecular flexibility index (Phi) is 4.62. The Morgan fingerprint density at radius 1 is 0.970 bits per heavy atom. The summed E-state index contributed by atoms with van der Waals surface area (Å²) in [7, 11) is 0. The van der Waals surface area contributed by atoms with Crippen LogP contribution in [0.4, 0.5) is 9.52 Å². The maximum atomic E-state index is 13.5. The molecule has 0 radical (unpaired) electrons. The van der Waals surface area contributed by atoms with Gasteiger partial charge in [0.15, 0.2) is 5.13 Å². The van der Waals surface area contributed by atoms with E-state index >= 15 is 0 Å². The number of piperazine rings is 1. The summed E-state index contributed by atoms with van der Waals surface area (Å²) in [5.41, 5.74) is 0.643. The fourth-order valence-corrected chi connectivity index (χ4v) is 5.36. The van der Waals surface area contributed by atoms with Gasteiger partial charge >= 0.3 is 5.63 Å². The van der Waals surface area contributed by atoms with Crippen molar-refractivity contribution in [2.45, 2.75) is 0 Å². The third-order valence-corrected chi connectivity index (χ3v) is 7.13.